The van der Waals surface area contributed by atoms with Crippen molar-refractivity contribution in [2.24, 2.45) is 0 Å². The number of carbonyl (C=O) groups excluding carboxylic acids is 1. The molecule has 37 heavy (non-hydrogen) atoms. The molecule has 0 unspecified atom stereocenters. The van der Waals surface area contributed by atoms with Crippen molar-refractivity contribution in [1.29, 1.82) is 0 Å². The van der Waals surface area contributed by atoms with Gasteiger partial charge in [0, 0.05) is 29.6 Å². The highest BCUT2D eigenvalue weighted by Crippen LogP contribution is 2.20. The van der Waals surface area contributed by atoms with Gasteiger partial charge >= 0.3 is 5.97 Å². The largest absolute Gasteiger partial charge is 0.494 e. The van der Waals surface area contributed by atoms with Crippen molar-refractivity contribution in [2.75, 3.05) is 18.5 Å². The summed E-state index contributed by atoms with van der Waals surface area (Å²) < 4.78 is 5.86. The predicted molar refractivity (Wildman–Crippen MR) is 140 cm³/mol. The molecule has 0 saturated heterocycles. The van der Waals surface area contributed by atoms with E-state index in [9.17, 15) is 14.7 Å². The molecular formula is C28H29N5O4. The molecule has 0 fully saturated rings. The van der Waals surface area contributed by atoms with Gasteiger partial charge in [-0.3, -0.25) is 9.89 Å². The van der Waals surface area contributed by atoms with E-state index in [4.69, 9.17) is 9.72 Å². The summed E-state index contributed by atoms with van der Waals surface area (Å²) in [6.07, 6.45) is 5.68. The number of carboxylic acids is 1. The van der Waals surface area contributed by atoms with Crippen LogP contribution in [0, 0.1) is 0 Å². The van der Waals surface area contributed by atoms with E-state index in [1.165, 1.54) is 5.56 Å². The number of pyridine rings is 1. The van der Waals surface area contributed by atoms with Crippen molar-refractivity contribution in [3.8, 4) is 5.75 Å². The van der Waals surface area contributed by atoms with E-state index in [2.05, 4.69) is 33.0 Å². The fourth-order valence-electron chi connectivity index (χ4n) is 4.43. The van der Waals surface area contributed by atoms with Crippen LogP contribution in [0.25, 0.3) is 10.9 Å². The van der Waals surface area contributed by atoms with Crippen molar-refractivity contribution in [3.63, 3.8) is 0 Å². The summed E-state index contributed by atoms with van der Waals surface area (Å²) in [5, 5.41) is 23.2. The lowest BCUT2D eigenvalue weighted by Crippen LogP contribution is -2.42. The second-order valence-electron chi connectivity index (χ2n) is 9.18. The number of nitrogens with one attached hydrogen (secondary N) is 3. The molecule has 4 aromatic rings. The van der Waals surface area contributed by atoms with Crippen LogP contribution in [-0.4, -0.2) is 51.4 Å². The lowest BCUT2D eigenvalue weighted by molar-refractivity contribution is -0.139. The Labute approximate surface area is 214 Å². The number of carboxylic acid groups (broad SMARTS) is 1. The first-order valence-corrected chi connectivity index (χ1v) is 12.5. The summed E-state index contributed by atoms with van der Waals surface area (Å²) in [6.45, 7) is 1.53. The molecule has 0 spiro atoms. The predicted octanol–water partition coefficient (Wildman–Crippen LogP) is 3.75. The monoisotopic (exact) mass is 499 g/mol. The van der Waals surface area contributed by atoms with Gasteiger partial charge in [0.15, 0.2) is 0 Å². The van der Waals surface area contributed by atoms with E-state index in [0.29, 0.717) is 17.9 Å². The Morgan fingerprint density at radius 3 is 2.81 bits per heavy atom. The van der Waals surface area contributed by atoms with Gasteiger partial charge in [-0.15, -0.1) is 0 Å². The molecule has 0 bridgehead atoms. The lowest BCUT2D eigenvalue weighted by atomic mass is 10.0. The van der Waals surface area contributed by atoms with Crippen molar-refractivity contribution < 1.29 is 19.4 Å². The molecule has 9 nitrogen and oxygen atoms in total. The number of nitrogens with zero attached hydrogens (tertiary/aromatic N) is 2. The Hall–Kier alpha value is -4.40. The van der Waals surface area contributed by atoms with Gasteiger partial charge in [-0.2, -0.15) is 5.10 Å². The quantitative estimate of drug-likeness (QED) is 0.245. The van der Waals surface area contributed by atoms with E-state index in [0.717, 1.165) is 60.2 Å². The Morgan fingerprint density at radius 1 is 1.11 bits per heavy atom. The van der Waals surface area contributed by atoms with Gasteiger partial charge in [0.25, 0.3) is 5.91 Å². The van der Waals surface area contributed by atoms with Crippen molar-refractivity contribution >= 4 is 28.6 Å². The number of aromatic amines is 1. The molecule has 1 amide bonds. The third-order valence-corrected chi connectivity index (χ3v) is 6.47. The number of aryl methyl sites for hydroxylation is 2. The van der Waals surface area contributed by atoms with Crippen LogP contribution in [-0.2, 0) is 24.1 Å². The number of H-pyrrole nitrogens is 1. The zero-order chi connectivity index (χ0) is 25.6. The van der Waals surface area contributed by atoms with Crippen LogP contribution in [0.4, 0.5) is 5.82 Å². The standard InChI is InChI=1S/C28H29N5O4/c34-27(20-8-12-24-21(16-20)17-30-33-24)32-25(28(35)36)15-18-5-10-23(11-6-18)37-14-2-4-22-9-7-19-3-1-13-29-26(19)31-22/h5-12,16-17,25H,1-4,13-15H2,(H,29,31)(H,30,33)(H,32,34)(H,35,36)/t25-/m1/s1. The average Bonchev–Trinajstić information content (AvgIpc) is 3.39. The summed E-state index contributed by atoms with van der Waals surface area (Å²) in [5.41, 5.74) is 4.31. The summed E-state index contributed by atoms with van der Waals surface area (Å²) in [4.78, 5) is 29.2. The SMILES string of the molecule is O=C(N[C@H](Cc1ccc(OCCCc2ccc3c(n2)NCCC3)cc1)C(=O)O)c1ccc2[nH]ncc2c1. The maximum Gasteiger partial charge on any atom is 0.326 e. The topological polar surface area (TPSA) is 129 Å². The number of hydrogen-bond donors (Lipinski definition) is 4. The van der Waals surface area contributed by atoms with Crippen LogP contribution >= 0.6 is 0 Å². The smallest absolute Gasteiger partial charge is 0.326 e. The summed E-state index contributed by atoms with van der Waals surface area (Å²) in [6, 6.07) is 15.6. The van der Waals surface area contributed by atoms with E-state index in [1.807, 2.05) is 24.3 Å². The number of benzene rings is 2. The van der Waals surface area contributed by atoms with Crippen LogP contribution in [0.2, 0.25) is 0 Å². The summed E-state index contributed by atoms with van der Waals surface area (Å²) >= 11 is 0. The maximum atomic E-state index is 12.7. The van der Waals surface area contributed by atoms with E-state index in [1.54, 1.807) is 24.4 Å². The second kappa shape index (κ2) is 11.1. The molecule has 1 atom stereocenters. The molecule has 4 N–H and O–H groups in total. The number of ether oxygens (including phenoxy) is 1. The number of amides is 1. The third-order valence-electron chi connectivity index (χ3n) is 6.47. The van der Waals surface area contributed by atoms with Gasteiger partial charge < -0.3 is 20.5 Å². The van der Waals surface area contributed by atoms with Gasteiger partial charge in [-0.05, 0) is 73.2 Å². The third kappa shape index (κ3) is 6.06. The number of anilines is 1. The highest BCUT2D eigenvalue weighted by Gasteiger charge is 2.21. The first-order chi connectivity index (χ1) is 18.0. The summed E-state index contributed by atoms with van der Waals surface area (Å²) in [7, 11) is 0. The van der Waals surface area contributed by atoms with Crippen LogP contribution in [0.3, 0.4) is 0 Å². The molecule has 1 aliphatic rings. The minimum absolute atomic E-state index is 0.160. The molecular weight excluding hydrogens is 470 g/mol. The molecule has 3 heterocycles. The lowest BCUT2D eigenvalue weighted by Gasteiger charge is -2.17. The average molecular weight is 500 g/mol. The van der Waals surface area contributed by atoms with E-state index < -0.39 is 17.9 Å². The van der Waals surface area contributed by atoms with Crippen LogP contribution < -0.4 is 15.4 Å². The van der Waals surface area contributed by atoms with Gasteiger partial charge in [0.05, 0.1) is 18.3 Å². The number of carbonyl (C=O) groups is 2. The minimum Gasteiger partial charge on any atom is -0.494 e. The van der Waals surface area contributed by atoms with E-state index >= 15 is 0 Å². The van der Waals surface area contributed by atoms with Gasteiger partial charge in [-0.25, -0.2) is 9.78 Å². The minimum atomic E-state index is -1.09. The highest BCUT2D eigenvalue weighted by atomic mass is 16.5. The summed E-state index contributed by atoms with van der Waals surface area (Å²) in [5.74, 6) is 0.187. The van der Waals surface area contributed by atoms with Gasteiger partial charge in [0.2, 0.25) is 0 Å². The molecule has 0 radical (unpaired) electrons. The molecule has 0 aliphatic carbocycles. The van der Waals surface area contributed by atoms with Crippen molar-refractivity contribution in [1.82, 2.24) is 20.5 Å². The first kappa shape index (κ1) is 24.3. The molecule has 190 valence electrons. The fourth-order valence-corrected chi connectivity index (χ4v) is 4.43. The molecule has 5 rings (SSSR count). The second-order valence-corrected chi connectivity index (χ2v) is 9.18. The van der Waals surface area contributed by atoms with Crippen LogP contribution in [0.1, 0.15) is 40.0 Å². The number of rotatable bonds is 10. The Morgan fingerprint density at radius 2 is 1.97 bits per heavy atom. The molecule has 0 saturated carbocycles. The number of aromatic nitrogens is 3. The molecule has 2 aromatic heterocycles. The molecule has 1 aliphatic heterocycles. The van der Waals surface area contributed by atoms with Gasteiger partial charge in [-0.1, -0.05) is 18.2 Å². The number of aliphatic carboxylic acids is 1. The zero-order valence-electron chi connectivity index (χ0n) is 20.4. The fraction of sp³-hybridized carbons (Fsp3) is 0.286. The first-order valence-electron chi connectivity index (χ1n) is 12.5. The van der Waals surface area contributed by atoms with Crippen LogP contribution in [0.15, 0.2) is 60.8 Å². The molecule has 2 aromatic carbocycles. The molecule has 9 heteroatoms. The van der Waals surface area contributed by atoms with Gasteiger partial charge in [0.1, 0.15) is 17.6 Å². The normalized spacial score (nSPS) is 13.4. The van der Waals surface area contributed by atoms with Crippen molar-refractivity contribution in [3.05, 3.63) is 83.2 Å². The maximum absolute atomic E-state index is 12.7. The van der Waals surface area contributed by atoms with Crippen LogP contribution in [0.5, 0.6) is 5.75 Å². The Kier molecular flexibility index (Phi) is 7.30. The Balaban J connectivity index is 1.11. The van der Waals surface area contributed by atoms with Crippen molar-refractivity contribution in [2.45, 2.75) is 38.1 Å². The zero-order valence-corrected chi connectivity index (χ0v) is 20.4. The number of fused-ring (bicyclic) bond motifs is 2. The Bertz CT molecular complexity index is 1400. The van der Waals surface area contributed by atoms with E-state index in [-0.39, 0.29) is 6.42 Å². The number of hydrogen-bond acceptors (Lipinski definition) is 6. The highest BCUT2D eigenvalue weighted by molar-refractivity contribution is 5.99.